The van der Waals surface area contributed by atoms with Gasteiger partial charge in [0.2, 0.25) is 11.5 Å². The largest absolute Gasteiger partial charge is 0.504 e. The average molecular weight is 256 g/mol. The summed E-state index contributed by atoms with van der Waals surface area (Å²) in [4.78, 5) is 0. The number of phenolic OH excluding ortho intramolecular Hbond substituents is 3. The quantitative estimate of drug-likeness (QED) is 0.686. The molecule has 1 aliphatic rings. The van der Waals surface area contributed by atoms with Crippen molar-refractivity contribution in [1.29, 1.82) is 0 Å². The second-order valence-electron chi connectivity index (χ2n) is 4.38. The second-order valence-corrected chi connectivity index (χ2v) is 4.38. The van der Waals surface area contributed by atoms with Gasteiger partial charge in [-0.2, -0.15) is 0 Å². The fourth-order valence-electron chi connectivity index (χ4n) is 2.14. The Hall–Kier alpha value is -2.62. The van der Waals surface area contributed by atoms with Crippen LogP contribution in [0.1, 0.15) is 11.1 Å². The molecule has 2 aromatic rings. The zero-order chi connectivity index (χ0) is 13.4. The third-order valence-electron chi connectivity index (χ3n) is 3.13. The number of allylic oxidation sites excluding steroid dienone is 1. The molecule has 19 heavy (non-hydrogen) atoms. The molecule has 3 N–H and O–H groups in total. The van der Waals surface area contributed by atoms with Gasteiger partial charge in [-0.1, -0.05) is 30.3 Å². The fourth-order valence-corrected chi connectivity index (χ4v) is 2.14. The average Bonchev–Trinajstić information content (AvgIpc) is 2.45. The van der Waals surface area contributed by atoms with Crippen molar-refractivity contribution in [3.63, 3.8) is 0 Å². The normalized spacial score (nSPS) is 13.4. The van der Waals surface area contributed by atoms with E-state index in [0.717, 1.165) is 11.1 Å². The lowest BCUT2D eigenvalue weighted by atomic mass is 9.96. The molecule has 0 spiro atoms. The summed E-state index contributed by atoms with van der Waals surface area (Å²) in [6.07, 6.45) is 2.06. The third kappa shape index (κ3) is 1.87. The van der Waals surface area contributed by atoms with Crippen molar-refractivity contribution < 1.29 is 20.1 Å². The number of ether oxygens (including phenoxy) is 1. The summed E-state index contributed by atoms with van der Waals surface area (Å²) in [5.41, 5.74) is 2.59. The third-order valence-corrected chi connectivity index (χ3v) is 3.13. The predicted molar refractivity (Wildman–Crippen MR) is 70.2 cm³/mol. The molecule has 96 valence electrons. The Kier molecular flexibility index (Phi) is 2.56. The molecular weight excluding hydrogens is 244 g/mol. The number of phenols is 3. The van der Waals surface area contributed by atoms with Crippen LogP contribution in [0.5, 0.6) is 23.0 Å². The fraction of sp³-hybridized carbons (Fsp3) is 0.0667. The molecule has 3 rings (SSSR count). The van der Waals surface area contributed by atoms with Gasteiger partial charge >= 0.3 is 0 Å². The van der Waals surface area contributed by atoms with Gasteiger partial charge in [0, 0.05) is 12.0 Å². The Balaban J connectivity index is 2.02. The molecule has 1 aliphatic heterocycles. The molecule has 0 radical (unpaired) electrons. The van der Waals surface area contributed by atoms with Crippen LogP contribution in [0.3, 0.4) is 0 Å². The summed E-state index contributed by atoms with van der Waals surface area (Å²) < 4.78 is 5.37. The van der Waals surface area contributed by atoms with E-state index in [-0.39, 0.29) is 11.5 Å². The van der Waals surface area contributed by atoms with Crippen LogP contribution in [-0.2, 0) is 6.42 Å². The van der Waals surface area contributed by atoms with Crippen LogP contribution in [0.4, 0.5) is 0 Å². The number of hydrogen-bond donors (Lipinski definition) is 3. The Bertz CT molecular complexity index is 660. The first-order chi connectivity index (χ1) is 9.16. The highest BCUT2D eigenvalue weighted by molar-refractivity contribution is 5.73. The van der Waals surface area contributed by atoms with Crippen LogP contribution in [0.15, 0.2) is 42.7 Å². The molecule has 0 amide bonds. The molecule has 0 saturated heterocycles. The van der Waals surface area contributed by atoms with Crippen LogP contribution >= 0.6 is 0 Å². The van der Waals surface area contributed by atoms with Crippen LogP contribution < -0.4 is 4.74 Å². The van der Waals surface area contributed by atoms with Gasteiger partial charge in [-0.25, -0.2) is 0 Å². The van der Waals surface area contributed by atoms with E-state index in [1.54, 1.807) is 6.26 Å². The van der Waals surface area contributed by atoms with E-state index < -0.39 is 11.5 Å². The monoisotopic (exact) mass is 256 g/mol. The number of hydrogen-bond acceptors (Lipinski definition) is 4. The molecule has 0 bridgehead atoms. The van der Waals surface area contributed by atoms with Gasteiger partial charge in [0.05, 0.1) is 6.26 Å². The lowest BCUT2D eigenvalue weighted by Gasteiger charge is -2.19. The molecule has 4 heteroatoms. The number of fused-ring (bicyclic) bond motifs is 1. The Morgan fingerprint density at radius 1 is 0.947 bits per heavy atom. The molecule has 0 aromatic heterocycles. The first-order valence-electron chi connectivity index (χ1n) is 5.84. The molecule has 4 nitrogen and oxygen atoms in total. The minimum Gasteiger partial charge on any atom is -0.504 e. The van der Waals surface area contributed by atoms with Crippen molar-refractivity contribution in [3.05, 3.63) is 53.8 Å². The zero-order valence-corrected chi connectivity index (χ0v) is 10.00. The van der Waals surface area contributed by atoms with E-state index in [0.29, 0.717) is 12.0 Å². The van der Waals surface area contributed by atoms with Crippen LogP contribution in [0.2, 0.25) is 0 Å². The summed E-state index contributed by atoms with van der Waals surface area (Å²) in [5, 5.41) is 28.7. The first-order valence-corrected chi connectivity index (χ1v) is 5.84. The van der Waals surface area contributed by atoms with E-state index in [1.807, 2.05) is 30.3 Å². The van der Waals surface area contributed by atoms with Crippen LogP contribution in [-0.4, -0.2) is 15.3 Å². The van der Waals surface area contributed by atoms with Crippen molar-refractivity contribution in [2.24, 2.45) is 0 Å². The smallest absolute Gasteiger partial charge is 0.205 e. The highest BCUT2D eigenvalue weighted by Gasteiger charge is 2.22. The van der Waals surface area contributed by atoms with Crippen LogP contribution in [0, 0.1) is 0 Å². The second kappa shape index (κ2) is 4.24. The molecule has 0 fully saturated rings. The van der Waals surface area contributed by atoms with Gasteiger partial charge < -0.3 is 20.1 Å². The maximum absolute atomic E-state index is 9.72. The molecule has 0 aliphatic carbocycles. The van der Waals surface area contributed by atoms with E-state index in [9.17, 15) is 15.3 Å². The van der Waals surface area contributed by atoms with Gasteiger partial charge in [0.1, 0.15) is 0 Å². The SMILES string of the molecule is Oc1cc2c(c(O)c1O)OC=C(c1ccccc1)C2. The van der Waals surface area contributed by atoms with Crippen molar-refractivity contribution in [2.75, 3.05) is 0 Å². The van der Waals surface area contributed by atoms with E-state index >= 15 is 0 Å². The minimum absolute atomic E-state index is 0.190. The van der Waals surface area contributed by atoms with E-state index in [1.165, 1.54) is 6.07 Å². The van der Waals surface area contributed by atoms with Crippen molar-refractivity contribution >= 4 is 5.57 Å². The molecule has 2 aromatic carbocycles. The Morgan fingerprint density at radius 3 is 2.42 bits per heavy atom. The van der Waals surface area contributed by atoms with Gasteiger partial charge in [0.25, 0.3) is 0 Å². The first kappa shape index (κ1) is 11.5. The standard InChI is InChI=1S/C15H12O4/c16-12-7-10-6-11(9-4-2-1-3-5-9)8-19-15(10)14(18)13(12)17/h1-5,7-8,16-18H,6H2. The topological polar surface area (TPSA) is 69.9 Å². The maximum Gasteiger partial charge on any atom is 0.205 e. The van der Waals surface area contributed by atoms with Crippen molar-refractivity contribution in [3.8, 4) is 23.0 Å². The van der Waals surface area contributed by atoms with Crippen molar-refractivity contribution in [2.45, 2.75) is 6.42 Å². The predicted octanol–water partition coefficient (Wildman–Crippen LogP) is 2.78. The Morgan fingerprint density at radius 2 is 1.68 bits per heavy atom. The Labute approximate surface area is 109 Å². The molecular formula is C15H12O4. The maximum atomic E-state index is 9.72. The summed E-state index contributed by atoms with van der Waals surface area (Å²) in [7, 11) is 0. The molecule has 0 saturated carbocycles. The minimum atomic E-state index is -0.560. The molecule has 0 unspecified atom stereocenters. The molecule has 0 atom stereocenters. The summed E-state index contributed by atoms with van der Waals surface area (Å²) in [6, 6.07) is 11.1. The summed E-state index contributed by atoms with van der Waals surface area (Å²) in [6.45, 7) is 0. The van der Waals surface area contributed by atoms with Crippen LogP contribution in [0.25, 0.3) is 5.57 Å². The number of rotatable bonds is 1. The van der Waals surface area contributed by atoms with E-state index in [4.69, 9.17) is 4.74 Å². The summed E-state index contributed by atoms with van der Waals surface area (Å²) >= 11 is 0. The van der Waals surface area contributed by atoms with E-state index in [2.05, 4.69) is 0 Å². The number of aromatic hydroxyl groups is 3. The van der Waals surface area contributed by atoms with Crippen molar-refractivity contribution in [1.82, 2.24) is 0 Å². The lowest BCUT2D eigenvalue weighted by molar-refractivity contribution is 0.345. The van der Waals surface area contributed by atoms with Gasteiger partial charge in [-0.15, -0.1) is 0 Å². The van der Waals surface area contributed by atoms with Gasteiger partial charge in [-0.3, -0.25) is 0 Å². The lowest BCUT2D eigenvalue weighted by Crippen LogP contribution is -2.02. The summed E-state index contributed by atoms with van der Waals surface area (Å²) in [5.74, 6) is -1.15. The zero-order valence-electron chi connectivity index (χ0n) is 10.00. The highest BCUT2D eigenvalue weighted by atomic mass is 16.5. The number of benzene rings is 2. The molecule has 1 heterocycles. The van der Waals surface area contributed by atoms with Gasteiger partial charge in [-0.05, 0) is 17.2 Å². The van der Waals surface area contributed by atoms with Gasteiger partial charge in [0.15, 0.2) is 11.5 Å². The highest BCUT2D eigenvalue weighted by Crippen LogP contribution is 2.47.